The van der Waals surface area contributed by atoms with Crippen LogP contribution in [0.4, 0.5) is 4.79 Å². The van der Waals surface area contributed by atoms with Crippen LogP contribution in [-0.2, 0) is 11.3 Å². The van der Waals surface area contributed by atoms with Crippen molar-refractivity contribution in [3.63, 3.8) is 0 Å². The Bertz CT molecular complexity index is 770. The third kappa shape index (κ3) is 4.12. The molecule has 6 heteroatoms. The SMILES string of the molecule is CC(C)c1ccc(C[NH+]2CC[NH+](CN3C(=O)N[C@@]4(CCCC[C@H]4C)C3=O)CC2)cc1. The lowest BCUT2D eigenvalue weighted by atomic mass is 9.73. The second-order valence-electron chi connectivity index (χ2n) is 10.0. The van der Waals surface area contributed by atoms with Gasteiger partial charge in [-0.3, -0.25) is 4.79 Å². The second kappa shape index (κ2) is 8.67. The number of rotatable bonds is 5. The van der Waals surface area contributed by atoms with E-state index in [0.29, 0.717) is 12.6 Å². The lowest BCUT2D eigenvalue weighted by Gasteiger charge is -2.37. The zero-order chi connectivity index (χ0) is 21.3. The molecule has 2 heterocycles. The Hall–Kier alpha value is -1.92. The maximum absolute atomic E-state index is 13.2. The fourth-order valence-corrected chi connectivity index (χ4v) is 5.46. The Morgan fingerprint density at radius 2 is 1.73 bits per heavy atom. The number of imide groups is 1. The van der Waals surface area contributed by atoms with Crippen molar-refractivity contribution in [2.45, 2.75) is 64.5 Å². The van der Waals surface area contributed by atoms with Crippen molar-refractivity contribution in [2.75, 3.05) is 32.8 Å². The number of quaternary nitrogens is 2. The van der Waals surface area contributed by atoms with Crippen LogP contribution in [0.25, 0.3) is 0 Å². The van der Waals surface area contributed by atoms with Gasteiger partial charge in [0.2, 0.25) is 0 Å². The Labute approximate surface area is 180 Å². The molecule has 6 nitrogen and oxygen atoms in total. The Morgan fingerprint density at radius 3 is 2.37 bits per heavy atom. The van der Waals surface area contributed by atoms with Crippen LogP contribution >= 0.6 is 0 Å². The Balaban J connectivity index is 1.29. The number of nitrogens with zero attached hydrogens (tertiary/aromatic N) is 1. The van der Waals surface area contributed by atoms with Crippen molar-refractivity contribution in [1.29, 1.82) is 0 Å². The van der Waals surface area contributed by atoms with Gasteiger partial charge in [0.15, 0.2) is 6.67 Å². The number of hydrogen-bond donors (Lipinski definition) is 3. The first-order valence-corrected chi connectivity index (χ1v) is 11.8. The number of amides is 3. The van der Waals surface area contributed by atoms with Gasteiger partial charge in [-0.1, -0.05) is 57.9 Å². The molecule has 30 heavy (non-hydrogen) atoms. The zero-order valence-electron chi connectivity index (χ0n) is 18.8. The molecule has 3 amide bonds. The molecule has 164 valence electrons. The molecular formula is C24H38N4O2+2. The van der Waals surface area contributed by atoms with Crippen molar-refractivity contribution in [2.24, 2.45) is 5.92 Å². The molecule has 0 aromatic heterocycles. The van der Waals surface area contributed by atoms with E-state index in [2.05, 4.69) is 50.4 Å². The topological polar surface area (TPSA) is 58.3 Å². The largest absolute Gasteiger partial charge is 0.329 e. The van der Waals surface area contributed by atoms with Crippen LogP contribution in [0.5, 0.6) is 0 Å². The van der Waals surface area contributed by atoms with Gasteiger partial charge in [-0.2, -0.15) is 0 Å². The average Bonchev–Trinajstić information content (AvgIpc) is 2.97. The van der Waals surface area contributed by atoms with Gasteiger partial charge < -0.3 is 15.1 Å². The third-order valence-electron chi connectivity index (χ3n) is 7.65. The summed E-state index contributed by atoms with van der Waals surface area (Å²) in [6.45, 7) is 12.3. The Kier molecular flexibility index (Phi) is 6.16. The number of carbonyl (C=O) groups is 2. The zero-order valence-corrected chi connectivity index (χ0v) is 18.8. The number of hydrogen-bond acceptors (Lipinski definition) is 2. The summed E-state index contributed by atoms with van der Waals surface area (Å²) in [6, 6.07) is 8.85. The summed E-state index contributed by atoms with van der Waals surface area (Å²) >= 11 is 0. The van der Waals surface area contributed by atoms with E-state index in [4.69, 9.17) is 0 Å². The van der Waals surface area contributed by atoms with E-state index in [0.717, 1.165) is 58.4 Å². The van der Waals surface area contributed by atoms with Crippen LogP contribution < -0.4 is 15.1 Å². The van der Waals surface area contributed by atoms with Gasteiger partial charge in [0.05, 0.1) is 0 Å². The van der Waals surface area contributed by atoms with Crippen LogP contribution in [-0.4, -0.2) is 55.2 Å². The van der Waals surface area contributed by atoms with Crippen molar-refractivity contribution in [3.05, 3.63) is 35.4 Å². The summed E-state index contributed by atoms with van der Waals surface area (Å²) in [4.78, 5) is 30.3. The van der Waals surface area contributed by atoms with Crippen LogP contribution in [0.3, 0.4) is 0 Å². The first-order valence-electron chi connectivity index (χ1n) is 11.8. The quantitative estimate of drug-likeness (QED) is 0.617. The van der Waals surface area contributed by atoms with Crippen LogP contribution in [0.2, 0.25) is 0 Å². The van der Waals surface area contributed by atoms with Crippen molar-refractivity contribution >= 4 is 11.9 Å². The van der Waals surface area contributed by atoms with Gasteiger partial charge in [0.1, 0.15) is 38.3 Å². The highest BCUT2D eigenvalue weighted by Gasteiger charge is 2.55. The minimum Gasteiger partial charge on any atom is -0.323 e. The molecule has 3 N–H and O–H groups in total. The van der Waals surface area contributed by atoms with Crippen LogP contribution in [0.1, 0.15) is 63.5 Å². The first kappa shape index (κ1) is 21.3. The van der Waals surface area contributed by atoms with E-state index in [1.807, 2.05) is 0 Å². The van der Waals surface area contributed by atoms with E-state index in [1.54, 1.807) is 4.90 Å². The number of benzene rings is 1. The van der Waals surface area contributed by atoms with Gasteiger partial charge >= 0.3 is 6.03 Å². The summed E-state index contributed by atoms with van der Waals surface area (Å²) in [6.07, 6.45) is 3.99. The van der Waals surface area contributed by atoms with E-state index in [1.165, 1.54) is 20.9 Å². The lowest BCUT2D eigenvalue weighted by molar-refractivity contribution is -1.02. The standard InChI is InChI=1S/C24H36N4O2/c1-18(2)21-9-7-20(8-10-21)16-26-12-14-27(15-13-26)17-28-22(29)24(25-23(28)30)11-5-4-6-19(24)3/h7-10,18-19H,4-6,11-17H2,1-3H3,(H,25,30)/p+2/t19-,24-/m1/s1. The molecule has 1 saturated carbocycles. The summed E-state index contributed by atoms with van der Waals surface area (Å²) in [5.41, 5.74) is 2.14. The van der Waals surface area contributed by atoms with E-state index in [9.17, 15) is 9.59 Å². The molecule has 2 atom stereocenters. The molecule has 0 unspecified atom stereocenters. The highest BCUT2D eigenvalue weighted by Crippen LogP contribution is 2.37. The van der Waals surface area contributed by atoms with E-state index < -0.39 is 5.54 Å². The fraction of sp³-hybridized carbons (Fsp3) is 0.667. The molecule has 4 rings (SSSR count). The van der Waals surface area contributed by atoms with Gasteiger partial charge in [0.25, 0.3) is 5.91 Å². The summed E-state index contributed by atoms with van der Waals surface area (Å²) in [5, 5.41) is 3.08. The monoisotopic (exact) mass is 414 g/mol. The molecule has 3 fully saturated rings. The normalized spacial score (nSPS) is 32.1. The summed E-state index contributed by atoms with van der Waals surface area (Å²) in [5.74, 6) is 0.818. The predicted octanol–water partition coefficient (Wildman–Crippen LogP) is 0.552. The molecule has 0 bridgehead atoms. The molecule has 2 saturated heterocycles. The predicted molar refractivity (Wildman–Crippen MR) is 116 cm³/mol. The number of carbonyl (C=O) groups excluding carboxylic acids is 2. The van der Waals surface area contributed by atoms with Crippen molar-refractivity contribution < 1.29 is 19.4 Å². The second-order valence-corrected chi connectivity index (χ2v) is 10.0. The van der Waals surface area contributed by atoms with Crippen LogP contribution in [0.15, 0.2) is 24.3 Å². The highest BCUT2D eigenvalue weighted by molar-refractivity contribution is 6.07. The minimum atomic E-state index is -0.635. The molecule has 2 aliphatic heterocycles. The number of nitrogens with one attached hydrogen (secondary N) is 3. The third-order valence-corrected chi connectivity index (χ3v) is 7.65. The van der Waals surface area contributed by atoms with E-state index >= 15 is 0 Å². The van der Waals surface area contributed by atoms with Gasteiger partial charge in [-0.15, -0.1) is 0 Å². The maximum atomic E-state index is 13.2. The van der Waals surface area contributed by atoms with Gasteiger partial charge in [-0.25, -0.2) is 9.69 Å². The molecule has 1 aromatic rings. The Morgan fingerprint density at radius 1 is 1.07 bits per heavy atom. The first-order chi connectivity index (χ1) is 14.4. The average molecular weight is 415 g/mol. The molecule has 1 aliphatic carbocycles. The molecular weight excluding hydrogens is 376 g/mol. The summed E-state index contributed by atoms with van der Waals surface area (Å²) < 4.78 is 0. The van der Waals surface area contributed by atoms with E-state index in [-0.39, 0.29) is 17.9 Å². The van der Waals surface area contributed by atoms with Gasteiger partial charge in [0, 0.05) is 5.56 Å². The molecule has 1 aromatic carbocycles. The number of urea groups is 1. The maximum Gasteiger partial charge on any atom is 0.329 e. The van der Waals surface area contributed by atoms with Crippen molar-refractivity contribution in [3.8, 4) is 0 Å². The van der Waals surface area contributed by atoms with Gasteiger partial charge in [-0.05, 0) is 30.2 Å². The molecule has 3 aliphatic rings. The lowest BCUT2D eigenvalue weighted by Crippen LogP contribution is -3.28. The van der Waals surface area contributed by atoms with Crippen LogP contribution in [0, 0.1) is 5.92 Å². The smallest absolute Gasteiger partial charge is 0.323 e. The highest BCUT2D eigenvalue weighted by atomic mass is 16.2. The summed E-state index contributed by atoms with van der Waals surface area (Å²) in [7, 11) is 0. The molecule has 1 spiro atoms. The fourth-order valence-electron chi connectivity index (χ4n) is 5.46. The number of piperazine rings is 1. The molecule has 0 radical (unpaired) electrons. The van der Waals surface area contributed by atoms with Crippen molar-refractivity contribution in [1.82, 2.24) is 10.2 Å². The minimum absolute atomic E-state index is 0.0206.